The van der Waals surface area contributed by atoms with Crippen LogP contribution in [0.2, 0.25) is 0 Å². The van der Waals surface area contributed by atoms with Crippen molar-refractivity contribution in [1.82, 2.24) is 5.32 Å². The van der Waals surface area contributed by atoms with Crippen molar-refractivity contribution in [1.29, 1.82) is 0 Å². The van der Waals surface area contributed by atoms with Crippen LogP contribution in [-0.2, 0) is 0 Å². The minimum atomic E-state index is -0.00244. The summed E-state index contributed by atoms with van der Waals surface area (Å²) in [4.78, 5) is 11.9. The lowest BCUT2D eigenvalue weighted by Crippen LogP contribution is -2.25. The highest BCUT2D eigenvalue weighted by molar-refractivity contribution is 7.98. The van der Waals surface area contributed by atoms with E-state index in [2.05, 4.69) is 11.6 Å². The fourth-order valence-electron chi connectivity index (χ4n) is 1.79. The first-order valence-corrected chi connectivity index (χ1v) is 7.68. The summed E-state index contributed by atoms with van der Waals surface area (Å²) < 4.78 is 0. The van der Waals surface area contributed by atoms with Crippen LogP contribution in [0.1, 0.15) is 35.2 Å². The van der Waals surface area contributed by atoms with Crippen LogP contribution in [0.4, 0.5) is 5.69 Å². The Morgan fingerprint density at radius 2 is 2.11 bits per heavy atom. The van der Waals surface area contributed by atoms with E-state index in [9.17, 15) is 4.79 Å². The zero-order valence-electron chi connectivity index (χ0n) is 11.2. The number of hydrogen-bond donors (Lipinski definition) is 2. The number of unbranched alkanes of at least 4 members (excludes halogenated alkanes) is 2. The number of carbonyl (C=O) groups excluding carboxylic acids is 1. The summed E-state index contributed by atoms with van der Waals surface area (Å²) >= 11 is 1.87. The van der Waals surface area contributed by atoms with E-state index in [0.717, 1.165) is 18.5 Å². The van der Waals surface area contributed by atoms with Gasteiger partial charge >= 0.3 is 0 Å². The van der Waals surface area contributed by atoms with Gasteiger partial charge in [0, 0.05) is 17.8 Å². The van der Waals surface area contributed by atoms with Crippen LogP contribution in [-0.4, -0.2) is 24.5 Å². The molecule has 0 aliphatic carbocycles. The van der Waals surface area contributed by atoms with E-state index < -0.39 is 0 Å². The molecule has 100 valence electrons. The molecule has 1 aromatic rings. The predicted octanol–water partition coefficient (Wildman–Crippen LogP) is 2.84. The molecule has 0 saturated carbocycles. The maximum absolute atomic E-state index is 11.9. The molecule has 1 amide bonds. The van der Waals surface area contributed by atoms with Gasteiger partial charge in [-0.1, -0.05) is 6.42 Å². The van der Waals surface area contributed by atoms with Crippen LogP contribution < -0.4 is 11.1 Å². The fourth-order valence-corrected chi connectivity index (χ4v) is 2.28. The van der Waals surface area contributed by atoms with Gasteiger partial charge in [-0.15, -0.1) is 0 Å². The number of carbonyl (C=O) groups is 1. The van der Waals surface area contributed by atoms with Gasteiger partial charge in [-0.25, -0.2) is 0 Å². The number of hydrogen-bond acceptors (Lipinski definition) is 3. The molecule has 0 saturated heterocycles. The number of benzene rings is 1. The molecule has 18 heavy (non-hydrogen) atoms. The minimum absolute atomic E-state index is 0.00244. The van der Waals surface area contributed by atoms with Crippen LogP contribution in [0.15, 0.2) is 18.2 Å². The predicted molar refractivity (Wildman–Crippen MR) is 80.2 cm³/mol. The van der Waals surface area contributed by atoms with E-state index in [1.54, 1.807) is 12.1 Å². The Labute approximate surface area is 114 Å². The Kier molecular flexibility index (Phi) is 6.65. The van der Waals surface area contributed by atoms with Gasteiger partial charge in [-0.3, -0.25) is 4.79 Å². The molecule has 1 rings (SSSR count). The molecular weight excluding hydrogens is 244 g/mol. The third kappa shape index (κ3) is 5.00. The molecule has 0 aromatic heterocycles. The average molecular weight is 266 g/mol. The molecule has 0 spiro atoms. The molecule has 1 aromatic carbocycles. The summed E-state index contributed by atoms with van der Waals surface area (Å²) in [7, 11) is 0. The van der Waals surface area contributed by atoms with Gasteiger partial charge in [0.15, 0.2) is 0 Å². The van der Waals surface area contributed by atoms with Crippen molar-refractivity contribution >= 4 is 23.4 Å². The highest BCUT2D eigenvalue weighted by Gasteiger charge is 2.07. The quantitative estimate of drug-likeness (QED) is 0.589. The Morgan fingerprint density at radius 3 is 2.78 bits per heavy atom. The third-order valence-electron chi connectivity index (χ3n) is 2.81. The van der Waals surface area contributed by atoms with Crippen molar-refractivity contribution in [2.45, 2.75) is 26.2 Å². The standard InChI is InChI=1S/C14H22N2OS/c1-11-10-12(15)6-7-13(11)14(17)16-8-4-3-5-9-18-2/h6-7,10H,3-5,8-9,15H2,1-2H3,(H,16,17). The zero-order chi connectivity index (χ0) is 13.4. The first-order valence-electron chi connectivity index (χ1n) is 6.28. The SMILES string of the molecule is CSCCCCCNC(=O)c1ccc(N)cc1C. The Bertz CT molecular complexity index is 393. The number of rotatable bonds is 7. The summed E-state index contributed by atoms with van der Waals surface area (Å²) in [6, 6.07) is 5.38. The van der Waals surface area contributed by atoms with Crippen LogP contribution in [0, 0.1) is 6.92 Å². The third-order valence-corrected chi connectivity index (χ3v) is 3.50. The fraction of sp³-hybridized carbons (Fsp3) is 0.500. The highest BCUT2D eigenvalue weighted by atomic mass is 32.2. The van der Waals surface area contributed by atoms with Crippen LogP contribution >= 0.6 is 11.8 Å². The Morgan fingerprint density at radius 1 is 1.33 bits per heavy atom. The number of nitrogen functional groups attached to an aromatic ring is 1. The molecule has 0 aliphatic rings. The van der Waals surface area contributed by atoms with Crippen molar-refractivity contribution in [3.8, 4) is 0 Å². The van der Waals surface area contributed by atoms with Crippen molar-refractivity contribution in [3.63, 3.8) is 0 Å². The van der Waals surface area contributed by atoms with Crippen molar-refractivity contribution in [2.24, 2.45) is 0 Å². The lowest BCUT2D eigenvalue weighted by Gasteiger charge is -2.08. The smallest absolute Gasteiger partial charge is 0.251 e. The largest absolute Gasteiger partial charge is 0.399 e. The first kappa shape index (κ1) is 14.9. The molecule has 3 nitrogen and oxygen atoms in total. The van der Waals surface area contributed by atoms with E-state index in [-0.39, 0.29) is 5.91 Å². The van der Waals surface area contributed by atoms with Crippen LogP contribution in [0.25, 0.3) is 0 Å². The molecule has 0 heterocycles. The number of aryl methyl sites for hydroxylation is 1. The van der Waals surface area contributed by atoms with Gasteiger partial charge in [0.05, 0.1) is 0 Å². The zero-order valence-corrected chi connectivity index (χ0v) is 12.0. The van der Waals surface area contributed by atoms with Crippen molar-refractivity contribution in [2.75, 3.05) is 24.3 Å². The summed E-state index contributed by atoms with van der Waals surface area (Å²) in [6.45, 7) is 2.65. The molecule has 0 bridgehead atoms. The van der Waals surface area contributed by atoms with E-state index in [1.165, 1.54) is 18.6 Å². The molecular formula is C14H22N2OS. The number of amides is 1. The monoisotopic (exact) mass is 266 g/mol. The van der Waals surface area contributed by atoms with E-state index in [4.69, 9.17) is 5.73 Å². The molecule has 4 heteroatoms. The maximum atomic E-state index is 11.9. The number of nitrogens with two attached hydrogens (primary N) is 1. The van der Waals surface area contributed by atoms with Gasteiger partial charge in [-0.05, 0) is 55.5 Å². The molecule has 0 unspecified atom stereocenters. The average Bonchev–Trinajstić information content (AvgIpc) is 2.33. The normalized spacial score (nSPS) is 10.3. The van der Waals surface area contributed by atoms with Crippen molar-refractivity contribution < 1.29 is 4.79 Å². The lowest BCUT2D eigenvalue weighted by atomic mass is 10.1. The highest BCUT2D eigenvalue weighted by Crippen LogP contribution is 2.12. The van der Waals surface area contributed by atoms with Crippen LogP contribution in [0.3, 0.4) is 0 Å². The molecule has 3 N–H and O–H groups in total. The Balaban J connectivity index is 2.32. The van der Waals surface area contributed by atoms with Crippen LogP contribution in [0.5, 0.6) is 0 Å². The van der Waals surface area contributed by atoms with Gasteiger partial charge < -0.3 is 11.1 Å². The second-order valence-corrected chi connectivity index (χ2v) is 5.37. The Hall–Kier alpha value is -1.16. The first-order chi connectivity index (χ1) is 8.65. The van der Waals surface area contributed by atoms with E-state index in [1.807, 2.05) is 24.8 Å². The summed E-state index contributed by atoms with van der Waals surface area (Å²) in [5, 5.41) is 2.95. The second-order valence-electron chi connectivity index (χ2n) is 4.38. The van der Waals surface area contributed by atoms with Crippen molar-refractivity contribution in [3.05, 3.63) is 29.3 Å². The number of nitrogens with one attached hydrogen (secondary N) is 1. The molecule has 0 fully saturated rings. The topological polar surface area (TPSA) is 55.1 Å². The molecule has 0 atom stereocenters. The van der Waals surface area contributed by atoms with Gasteiger partial charge in [0.1, 0.15) is 0 Å². The summed E-state index contributed by atoms with van der Waals surface area (Å²) in [6.07, 6.45) is 5.55. The summed E-state index contributed by atoms with van der Waals surface area (Å²) in [5.74, 6) is 1.20. The lowest BCUT2D eigenvalue weighted by molar-refractivity contribution is 0.0952. The van der Waals surface area contributed by atoms with E-state index in [0.29, 0.717) is 11.3 Å². The van der Waals surface area contributed by atoms with Gasteiger partial charge in [-0.2, -0.15) is 11.8 Å². The number of anilines is 1. The van der Waals surface area contributed by atoms with Gasteiger partial charge in [0.2, 0.25) is 0 Å². The minimum Gasteiger partial charge on any atom is -0.399 e. The number of thioether (sulfide) groups is 1. The van der Waals surface area contributed by atoms with E-state index >= 15 is 0 Å². The second kappa shape index (κ2) is 8.03. The summed E-state index contributed by atoms with van der Waals surface area (Å²) in [5.41, 5.74) is 8.00. The maximum Gasteiger partial charge on any atom is 0.251 e. The van der Waals surface area contributed by atoms with Gasteiger partial charge in [0.25, 0.3) is 5.91 Å². The molecule has 0 aliphatic heterocycles. The molecule has 0 radical (unpaired) electrons.